The number of alkyl halides is 1. The third-order valence-corrected chi connectivity index (χ3v) is 8.67. The summed E-state index contributed by atoms with van der Waals surface area (Å²) < 4.78 is 46.9. The summed E-state index contributed by atoms with van der Waals surface area (Å²) in [4.78, 5) is 29.3. The summed E-state index contributed by atoms with van der Waals surface area (Å²) in [6.07, 6.45) is 3.03. The number of nitrogens with one attached hydrogen (secondary N) is 1. The van der Waals surface area contributed by atoms with Crippen LogP contribution < -0.4 is 9.61 Å². The van der Waals surface area contributed by atoms with Gasteiger partial charge in [0, 0.05) is 10.9 Å². The van der Waals surface area contributed by atoms with Crippen LogP contribution in [0.3, 0.4) is 0 Å². The molecule has 0 radical (unpaired) electrons. The minimum atomic E-state index is -4.40. The number of ether oxygens (including phenoxy) is 2. The van der Waals surface area contributed by atoms with Gasteiger partial charge in [-0.2, -0.15) is 0 Å². The van der Waals surface area contributed by atoms with Crippen LogP contribution >= 0.6 is 18.9 Å². The number of hydrogen-bond donors (Lipinski definition) is 1. The summed E-state index contributed by atoms with van der Waals surface area (Å²) in [6.45, 7) is 4.90. The van der Waals surface area contributed by atoms with Gasteiger partial charge >= 0.3 is 19.5 Å². The van der Waals surface area contributed by atoms with E-state index < -0.39 is 31.4 Å². The number of esters is 2. The van der Waals surface area contributed by atoms with Crippen LogP contribution in [0.2, 0.25) is 0 Å². The van der Waals surface area contributed by atoms with Gasteiger partial charge in [0.25, 0.3) is 0 Å². The maximum Gasteiger partial charge on any atom is 0.355 e. The topological polar surface area (TPSA) is 104 Å². The largest absolute Gasteiger partial charge is 0.458 e. The predicted molar refractivity (Wildman–Crippen MR) is 147 cm³/mol. The molecule has 202 valence electrons. The van der Waals surface area contributed by atoms with Crippen LogP contribution in [0, 0.1) is 0 Å². The monoisotopic (exact) mass is 568 g/mol. The van der Waals surface area contributed by atoms with E-state index in [0.29, 0.717) is 16.0 Å². The van der Waals surface area contributed by atoms with E-state index in [1.165, 1.54) is 48.6 Å². The molecule has 4 aromatic rings. The van der Waals surface area contributed by atoms with Crippen LogP contribution in [0.5, 0.6) is 5.75 Å². The Kier molecular flexibility index (Phi) is 9.24. The van der Waals surface area contributed by atoms with Crippen molar-refractivity contribution in [1.82, 2.24) is 10.1 Å². The second-order valence-corrected chi connectivity index (χ2v) is 11.6. The molecule has 0 aliphatic carbocycles. The molecule has 3 atom stereocenters. The lowest BCUT2D eigenvalue weighted by Gasteiger charge is -2.26. The first-order valence-corrected chi connectivity index (χ1v) is 14.4. The van der Waals surface area contributed by atoms with Crippen molar-refractivity contribution in [1.29, 1.82) is 0 Å². The third-order valence-electron chi connectivity index (χ3n) is 5.45. The molecular weight excluding hydrogens is 542 g/mol. The molecule has 2 aromatic heterocycles. The Morgan fingerprint density at radius 3 is 2.59 bits per heavy atom. The van der Waals surface area contributed by atoms with Gasteiger partial charge in [-0.15, -0.1) is 11.3 Å². The van der Waals surface area contributed by atoms with Gasteiger partial charge in [-0.25, -0.2) is 14.3 Å². The van der Waals surface area contributed by atoms with Gasteiger partial charge < -0.3 is 14.0 Å². The summed E-state index contributed by atoms with van der Waals surface area (Å²) in [5, 5.41) is 3.12. The molecular formula is C28H26FN2O6PS. The number of fused-ring (bicyclic) bond motifs is 1. The van der Waals surface area contributed by atoms with Crippen molar-refractivity contribution >= 4 is 40.9 Å². The van der Waals surface area contributed by atoms with E-state index in [1.807, 2.05) is 0 Å². The number of pyridine rings is 1. The fourth-order valence-corrected chi connectivity index (χ4v) is 6.41. The van der Waals surface area contributed by atoms with Crippen LogP contribution in [0.1, 0.15) is 33.8 Å². The van der Waals surface area contributed by atoms with Crippen molar-refractivity contribution in [3.63, 3.8) is 0 Å². The molecule has 2 heterocycles. The molecule has 0 aliphatic rings. The molecule has 2 aromatic carbocycles. The molecule has 0 amide bonds. The van der Waals surface area contributed by atoms with Gasteiger partial charge in [0.05, 0.1) is 5.69 Å². The Morgan fingerprint density at radius 1 is 1.10 bits per heavy atom. The van der Waals surface area contributed by atoms with Gasteiger partial charge in [-0.1, -0.05) is 43.0 Å². The zero-order chi connectivity index (χ0) is 27.8. The van der Waals surface area contributed by atoms with E-state index in [1.54, 1.807) is 54.7 Å². The normalized spacial score (nSPS) is 14.1. The van der Waals surface area contributed by atoms with Crippen molar-refractivity contribution in [3.8, 4) is 5.75 Å². The average Bonchev–Trinajstić information content (AvgIpc) is 3.39. The summed E-state index contributed by atoms with van der Waals surface area (Å²) in [5.41, 5.74) is 0.578. The van der Waals surface area contributed by atoms with E-state index in [9.17, 15) is 14.2 Å². The molecule has 1 unspecified atom stereocenters. The van der Waals surface area contributed by atoms with Crippen molar-refractivity contribution in [2.75, 3.05) is 6.61 Å². The number of carbonyl (C=O) groups is 2. The number of carbonyl (C=O) groups excluding carboxylic acids is 2. The van der Waals surface area contributed by atoms with Crippen LogP contribution in [0.25, 0.3) is 10.1 Å². The Labute approximate surface area is 228 Å². The maximum atomic E-state index is 16.1. The number of halogens is 1. The molecule has 1 N–H and O–H groups in total. The van der Waals surface area contributed by atoms with Crippen LogP contribution in [-0.4, -0.2) is 29.6 Å². The predicted octanol–water partition coefficient (Wildman–Crippen LogP) is 6.60. The van der Waals surface area contributed by atoms with Crippen molar-refractivity contribution in [3.05, 3.63) is 108 Å². The van der Waals surface area contributed by atoms with Gasteiger partial charge in [-0.3, -0.25) is 14.3 Å². The van der Waals surface area contributed by atoms with Gasteiger partial charge in [0.15, 0.2) is 0 Å². The standard InChI is InChI=1S/C28H26FN2O6PS/c1-3-15-35-28(33)25-17-21-16-20(12-13-24(21)39-25)26(29)38(34,37-23-10-5-4-6-11-23)31-19(2)27(32)36-18-22-9-7-8-14-30-22/h3-14,16-17,19,26H,1,15,18H2,2H3,(H,31,34)/t19-,26+,38?/m0/s1. The van der Waals surface area contributed by atoms with E-state index >= 15 is 4.39 Å². The molecule has 39 heavy (non-hydrogen) atoms. The molecule has 11 heteroatoms. The molecule has 0 aliphatic heterocycles. The molecule has 0 spiro atoms. The Balaban J connectivity index is 1.57. The molecule has 8 nitrogen and oxygen atoms in total. The molecule has 0 bridgehead atoms. The summed E-state index contributed by atoms with van der Waals surface area (Å²) in [7, 11) is -4.40. The first-order valence-electron chi connectivity index (χ1n) is 11.9. The third kappa shape index (κ3) is 7.17. The quantitative estimate of drug-likeness (QED) is 0.116. The number of benzene rings is 2. The summed E-state index contributed by atoms with van der Waals surface area (Å²) in [6, 6.07) is 18.3. The van der Waals surface area contributed by atoms with Gasteiger partial charge in [-0.05, 0) is 60.3 Å². The first-order chi connectivity index (χ1) is 18.8. The molecule has 0 fully saturated rings. The summed E-state index contributed by atoms with van der Waals surface area (Å²) >= 11 is 1.19. The number of aromatic nitrogens is 1. The van der Waals surface area contributed by atoms with Crippen molar-refractivity contribution in [2.45, 2.75) is 25.5 Å². The number of hydrogen-bond acceptors (Lipinski definition) is 8. The van der Waals surface area contributed by atoms with E-state index in [4.69, 9.17) is 14.0 Å². The second kappa shape index (κ2) is 12.8. The Morgan fingerprint density at radius 2 is 1.87 bits per heavy atom. The summed E-state index contributed by atoms with van der Waals surface area (Å²) in [5.74, 6) is -3.26. The van der Waals surface area contributed by atoms with Gasteiger partial charge in [0.1, 0.15) is 29.9 Å². The molecule has 0 saturated heterocycles. The fourth-order valence-electron chi connectivity index (χ4n) is 3.56. The first kappa shape index (κ1) is 28.2. The number of thiophene rings is 1. The highest BCUT2D eigenvalue weighted by Gasteiger charge is 2.41. The minimum absolute atomic E-state index is 0.0483. The smallest absolute Gasteiger partial charge is 0.355 e. The lowest BCUT2D eigenvalue weighted by atomic mass is 10.2. The maximum absolute atomic E-state index is 16.1. The number of rotatable bonds is 12. The van der Waals surface area contributed by atoms with E-state index in [-0.39, 0.29) is 24.5 Å². The van der Waals surface area contributed by atoms with Crippen LogP contribution in [-0.2, 0) is 25.4 Å². The van der Waals surface area contributed by atoms with Gasteiger partial charge in [0.2, 0.25) is 5.91 Å². The minimum Gasteiger partial charge on any atom is -0.458 e. The fraction of sp³-hybridized carbons (Fsp3) is 0.179. The Bertz CT molecular complexity index is 1500. The highest BCUT2D eigenvalue weighted by molar-refractivity contribution is 7.57. The molecule has 0 saturated carbocycles. The van der Waals surface area contributed by atoms with Crippen LogP contribution in [0.4, 0.5) is 4.39 Å². The molecule has 4 rings (SSSR count). The zero-order valence-corrected chi connectivity index (χ0v) is 22.7. The second-order valence-electron chi connectivity index (χ2n) is 8.41. The van der Waals surface area contributed by atoms with Crippen molar-refractivity contribution < 1.29 is 32.5 Å². The Hall–Kier alpha value is -3.85. The van der Waals surface area contributed by atoms with E-state index in [2.05, 4.69) is 16.7 Å². The lowest BCUT2D eigenvalue weighted by Crippen LogP contribution is -2.35. The van der Waals surface area contributed by atoms with Crippen molar-refractivity contribution in [2.24, 2.45) is 0 Å². The lowest BCUT2D eigenvalue weighted by molar-refractivity contribution is -0.146. The van der Waals surface area contributed by atoms with Crippen LogP contribution in [0.15, 0.2) is 91.6 Å². The number of para-hydroxylation sites is 1. The average molecular weight is 569 g/mol. The zero-order valence-electron chi connectivity index (χ0n) is 21.0. The highest BCUT2D eigenvalue weighted by atomic mass is 32.1. The SMILES string of the molecule is C=CCOC(=O)c1cc2cc([C@H](F)P(=O)(N[C@@H](C)C(=O)OCc3ccccn3)Oc3ccccc3)ccc2s1. The number of nitrogens with zero attached hydrogens (tertiary/aromatic N) is 1. The van der Waals surface area contributed by atoms with E-state index in [0.717, 1.165) is 4.70 Å². The highest BCUT2D eigenvalue weighted by Crippen LogP contribution is 2.58.